The lowest BCUT2D eigenvalue weighted by Crippen LogP contribution is -2.24. The Morgan fingerprint density at radius 3 is 2.72 bits per heavy atom. The van der Waals surface area contributed by atoms with Crippen LogP contribution in [0.15, 0.2) is 65.6 Å². The number of fused-ring (bicyclic) bond motifs is 1. The van der Waals surface area contributed by atoms with E-state index in [0.717, 1.165) is 11.1 Å². The Balaban J connectivity index is 1.59. The van der Waals surface area contributed by atoms with Crippen LogP contribution in [0, 0.1) is 6.92 Å². The predicted molar refractivity (Wildman–Crippen MR) is 111 cm³/mol. The summed E-state index contributed by atoms with van der Waals surface area (Å²) >= 11 is 0. The van der Waals surface area contributed by atoms with Gasteiger partial charge in [-0.15, -0.1) is 0 Å². The molecule has 0 radical (unpaired) electrons. The van der Waals surface area contributed by atoms with Gasteiger partial charge in [-0.2, -0.15) is 5.10 Å². The Morgan fingerprint density at radius 2 is 1.97 bits per heavy atom. The van der Waals surface area contributed by atoms with E-state index in [2.05, 4.69) is 20.8 Å². The molecule has 0 fully saturated rings. The van der Waals surface area contributed by atoms with Crippen LogP contribution in [0.25, 0.3) is 6.08 Å². The molecule has 0 saturated heterocycles. The van der Waals surface area contributed by atoms with Gasteiger partial charge in [0.1, 0.15) is 5.37 Å². The molecule has 4 rings (SSSR count). The Kier molecular flexibility index (Phi) is 5.04. The zero-order valence-electron chi connectivity index (χ0n) is 15.7. The summed E-state index contributed by atoms with van der Waals surface area (Å²) in [6.45, 7) is 2.17. The number of sulfone groups is 1. The molecule has 1 aliphatic rings. The largest absolute Gasteiger partial charge is 0.305 e. The smallest absolute Gasteiger partial charge is 0.249 e. The van der Waals surface area contributed by atoms with E-state index in [1.807, 2.05) is 43.3 Å². The average molecular weight is 408 g/mol. The Labute approximate surface area is 168 Å². The number of benzene rings is 2. The van der Waals surface area contributed by atoms with Gasteiger partial charge in [0.2, 0.25) is 5.91 Å². The molecule has 7 nitrogen and oxygen atoms in total. The van der Waals surface area contributed by atoms with E-state index in [1.54, 1.807) is 24.3 Å². The molecule has 1 aromatic heterocycles. The molecule has 0 aliphatic carbocycles. The number of aromatic amines is 1. The van der Waals surface area contributed by atoms with Crippen LogP contribution in [0.5, 0.6) is 0 Å². The van der Waals surface area contributed by atoms with Crippen LogP contribution in [0.3, 0.4) is 0 Å². The van der Waals surface area contributed by atoms with E-state index < -0.39 is 15.2 Å². The van der Waals surface area contributed by atoms with Gasteiger partial charge in [0.15, 0.2) is 15.7 Å². The third-order valence-electron chi connectivity index (χ3n) is 4.71. The van der Waals surface area contributed by atoms with E-state index >= 15 is 0 Å². The fourth-order valence-electron chi connectivity index (χ4n) is 3.28. The van der Waals surface area contributed by atoms with Gasteiger partial charge < -0.3 is 5.32 Å². The standard InChI is InChI=1S/C21H20N4O3S/c1-14-6-5-9-16(12-14)29(27,28)21-19-17(13-22-21)24-25-20(19)23-18(26)11-10-15-7-3-2-4-8-15/h2-12,21-22H,13H2,1H3,(H2,23,24,25,26)/b11-10+. The Bertz CT molecular complexity index is 1180. The maximum absolute atomic E-state index is 13.2. The van der Waals surface area contributed by atoms with Gasteiger partial charge >= 0.3 is 0 Å². The zero-order chi connectivity index (χ0) is 20.4. The summed E-state index contributed by atoms with van der Waals surface area (Å²) in [7, 11) is -3.70. The monoisotopic (exact) mass is 408 g/mol. The van der Waals surface area contributed by atoms with E-state index in [4.69, 9.17) is 0 Å². The molecule has 3 N–H and O–H groups in total. The van der Waals surface area contributed by atoms with Crippen molar-refractivity contribution in [2.24, 2.45) is 0 Å². The molecule has 0 spiro atoms. The summed E-state index contributed by atoms with van der Waals surface area (Å²) in [6, 6.07) is 16.2. The minimum absolute atomic E-state index is 0.217. The van der Waals surface area contributed by atoms with Gasteiger partial charge in [0, 0.05) is 12.6 Å². The number of nitrogens with zero attached hydrogens (tertiary/aromatic N) is 1. The molecule has 1 atom stereocenters. The Morgan fingerprint density at radius 1 is 1.17 bits per heavy atom. The van der Waals surface area contributed by atoms with Crippen LogP contribution < -0.4 is 10.6 Å². The number of carbonyl (C=O) groups excluding carboxylic acids is 1. The van der Waals surface area contributed by atoms with Gasteiger partial charge in [-0.1, -0.05) is 42.5 Å². The minimum Gasteiger partial charge on any atom is -0.305 e. The molecule has 29 heavy (non-hydrogen) atoms. The van der Waals surface area contributed by atoms with Crippen molar-refractivity contribution >= 4 is 27.6 Å². The lowest BCUT2D eigenvalue weighted by molar-refractivity contribution is -0.111. The first-order valence-electron chi connectivity index (χ1n) is 9.10. The van der Waals surface area contributed by atoms with Crippen molar-refractivity contribution in [2.75, 3.05) is 5.32 Å². The lowest BCUT2D eigenvalue weighted by Gasteiger charge is -2.14. The van der Waals surface area contributed by atoms with E-state index in [9.17, 15) is 13.2 Å². The first kappa shape index (κ1) is 19.1. The number of nitrogens with one attached hydrogen (secondary N) is 3. The second kappa shape index (κ2) is 7.65. The molecule has 1 unspecified atom stereocenters. The summed E-state index contributed by atoms with van der Waals surface area (Å²) in [5.41, 5.74) is 2.84. The number of anilines is 1. The quantitative estimate of drug-likeness (QED) is 0.563. The van der Waals surface area contributed by atoms with Gasteiger partial charge in [-0.25, -0.2) is 8.42 Å². The second-order valence-corrected chi connectivity index (χ2v) is 8.85. The van der Waals surface area contributed by atoms with Gasteiger partial charge in [0.05, 0.1) is 16.2 Å². The molecule has 8 heteroatoms. The van der Waals surface area contributed by atoms with Crippen molar-refractivity contribution in [3.63, 3.8) is 0 Å². The van der Waals surface area contributed by atoms with Crippen LogP contribution in [0.4, 0.5) is 5.82 Å². The molecule has 1 amide bonds. The fourth-order valence-corrected chi connectivity index (χ4v) is 5.04. The Hall–Kier alpha value is -3.23. The average Bonchev–Trinajstić information content (AvgIpc) is 3.30. The van der Waals surface area contributed by atoms with Crippen LogP contribution in [-0.2, 0) is 21.2 Å². The predicted octanol–water partition coefficient (Wildman–Crippen LogP) is 2.95. The maximum Gasteiger partial charge on any atom is 0.249 e. The van der Waals surface area contributed by atoms with Gasteiger partial charge in [0.25, 0.3) is 0 Å². The third kappa shape index (κ3) is 3.85. The maximum atomic E-state index is 13.2. The molecular formula is C21H20N4O3S. The van der Waals surface area contributed by atoms with Crippen molar-refractivity contribution in [3.8, 4) is 0 Å². The SMILES string of the molecule is Cc1cccc(S(=O)(=O)C2NCc3[nH]nc(NC(=O)/C=C/c4ccccc4)c32)c1. The molecule has 1 aliphatic heterocycles. The first-order chi connectivity index (χ1) is 13.9. The fraction of sp³-hybridized carbons (Fsp3) is 0.143. The van der Waals surface area contributed by atoms with Crippen molar-refractivity contribution in [2.45, 2.75) is 23.7 Å². The van der Waals surface area contributed by atoms with E-state index in [-0.39, 0.29) is 16.6 Å². The summed E-state index contributed by atoms with van der Waals surface area (Å²) in [5.74, 6) is -0.171. The summed E-state index contributed by atoms with van der Waals surface area (Å²) in [5, 5.41) is 11.6. The minimum atomic E-state index is -3.70. The van der Waals surface area contributed by atoms with Crippen LogP contribution in [0.2, 0.25) is 0 Å². The highest BCUT2D eigenvalue weighted by Gasteiger charge is 2.38. The number of amides is 1. The molecule has 0 bridgehead atoms. The number of rotatable bonds is 5. The summed E-state index contributed by atoms with van der Waals surface area (Å²) in [6.07, 6.45) is 3.07. The highest BCUT2D eigenvalue weighted by Crippen LogP contribution is 2.37. The van der Waals surface area contributed by atoms with Crippen molar-refractivity contribution in [1.29, 1.82) is 0 Å². The number of aromatic nitrogens is 2. The number of H-pyrrole nitrogens is 1. The van der Waals surface area contributed by atoms with E-state index in [0.29, 0.717) is 17.8 Å². The van der Waals surface area contributed by atoms with Crippen molar-refractivity contribution in [3.05, 3.63) is 83.1 Å². The van der Waals surface area contributed by atoms with Crippen LogP contribution >= 0.6 is 0 Å². The molecule has 2 heterocycles. The highest BCUT2D eigenvalue weighted by molar-refractivity contribution is 7.91. The molecule has 148 valence electrons. The third-order valence-corrected chi connectivity index (χ3v) is 6.64. The molecule has 3 aromatic rings. The summed E-state index contributed by atoms with van der Waals surface area (Å²) < 4.78 is 26.3. The number of hydrogen-bond acceptors (Lipinski definition) is 5. The van der Waals surface area contributed by atoms with Crippen molar-refractivity contribution < 1.29 is 13.2 Å². The summed E-state index contributed by atoms with van der Waals surface area (Å²) in [4.78, 5) is 12.6. The molecular weight excluding hydrogens is 388 g/mol. The normalized spacial score (nSPS) is 16.1. The van der Waals surface area contributed by atoms with Crippen molar-refractivity contribution in [1.82, 2.24) is 15.5 Å². The molecule has 0 saturated carbocycles. The number of hydrogen-bond donors (Lipinski definition) is 3. The van der Waals surface area contributed by atoms with E-state index in [1.165, 1.54) is 6.08 Å². The first-order valence-corrected chi connectivity index (χ1v) is 10.6. The van der Waals surface area contributed by atoms with Crippen LogP contribution in [0.1, 0.15) is 27.8 Å². The lowest BCUT2D eigenvalue weighted by atomic mass is 10.2. The van der Waals surface area contributed by atoms with Gasteiger partial charge in [-0.3, -0.25) is 15.2 Å². The number of aryl methyl sites for hydroxylation is 1. The second-order valence-electron chi connectivity index (χ2n) is 6.82. The highest BCUT2D eigenvalue weighted by atomic mass is 32.2. The zero-order valence-corrected chi connectivity index (χ0v) is 16.5. The number of carbonyl (C=O) groups is 1. The van der Waals surface area contributed by atoms with Crippen LogP contribution in [-0.4, -0.2) is 24.5 Å². The molecule has 2 aromatic carbocycles. The van der Waals surface area contributed by atoms with Gasteiger partial charge in [-0.05, 0) is 36.3 Å². The topological polar surface area (TPSA) is 104 Å².